The molecule has 0 amide bonds. The molecule has 0 saturated heterocycles. The lowest BCUT2D eigenvalue weighted by Crippen LogP contribution is -1.93. The number of allylic oxidation sites excluding steroid dienone is 2. The molecule has 0 fully saturated rings. The Bertz CT molecular complexity index is 718. The Morgan fingerprint density at radius 2 is 1.41 bits per heavy atom. The van der Waals surface area contributed by atoms with Crippen molar-refractivity contribution >= 4 is 22.2 Å². The van der Waals surface area contributed by atoms with Crippen molar-refractivity contribution in [3.63, 3.8) is 0 Å². The van der Waals surface area contributed by atoms with E-state index in [1.807, 2.05) is 36.4 Å². The maximum Gasteiger partial charge on any atom is 0.157 e. The monoisotopic (exact) mass is 316 g/mol. The molecule has 114 valence electrons. The topological polar surface area (TPSA) is 37.3 Å². The van der Waals surface area contributed by atoms with Crippen LogP contribution in [0.5, 0.6) is 0 Å². The second kappa shape index (κ2) is 6.55. The van der Waals surface area contributed by atoms with Crippen LogP contribution < -0.4 is 0 Å². The Balaban J connectivity index is 1.92. The summed E-state index contributed by atoms with van der Waals surface area (Å²) in [6.07, 6.45) is 3.12. The van der Waals surface area contributed by atoms with E-state index in [1.54, 1.807) is 0 Å². The van der Waals surface area contributed by atoms with Gasteiger partial charge < -0.3 is 4.55 Å². The molecule has 2 aromatic rings. The van der Waals surface area contributed by atoms with Crippen molar-refractivity contribution in [3.8, 4) is 0 Å². The van der Waals surface area contributed by atoms with Gasteiger partial charge in [0.05, 0.1) is 5.75 Å². The highest BCUT2D eigenvalue weighted by Crippen LogP contribution is 2.39. The fourth-order valence-corrected chi connectivity index (χ4v) is 3.45. The van der Waals surface area contributed by atoms with Gasteiger partial charge >= 0.3 is 0 Å². The van der Waals surface area contributed by atoms with E-state index in [-0.39, 0.29) is 11.6 Å². The Hall–Kier alpha value is -1.78. The van der Waals surface area contributed by atoms with Crippen molar-refractivity contribution < 1.29 is 13.2 Å². The van der Waals surface area contributed by atoms with Crippen LogP contribution in [0, 0.1) is 5.82 Å². The van der Waals surface area contributed by atoms with Crippen LogP contribution in [-0.4, -0.2) is 8.76 Å². The summed E-state index contributed by atoms with van der Waals surface area (Å²) in [7, 11) is 0. The standard InChI is InChI=1S/C18H17FO2S/c19-16-10-8-15(9-11-16)18-3-1-2-17(18)14-6-4-13(5-7-14)12-22(20)21/h4-11H,1-3,12H2,(H,20,21). The zero-order chi connectivity index (χ0) is 15.5. The lowest BCUT2D eigenvalue weighted by molar-refractivity contribution is 0.563. The highest BCUT2D eigenvalue weighted by atomic mass is 32.2. The van der Waals surface area contributed by atoms with Crippen molar-refractivity contribution in [2.45, 2.75) is 25.0 Å². The van der Waals surface area contributed by atoms with Crippen molar-refractivity contribution in [2.75, 3.05) is 0 Å². The van der Waals surface area contributed by atoms with E-state index in [0.29, 0.717) is 0 Å². The molecule has 0 radical (unpaired) electrons. The summed E-state index contributed by atoms with van der Waals surface area (Å²) < 4.78 is 32.9. The number of benzene rings is 2. The molecule has 2 aromatic carbocycles. The first kappa shape index (κ1) is 15.1. The minimum Gasteiger partial charge on any atom is -0.306 e. The molecule has 4 heteroatoms. The summed E-state index contributed by atoms with van der Waals surface area (Å²) >= 11 is -1.81. The minimum absolute atomic E-state index is 0.157. The summed E-state index contributed by atoms with van der Waals surface area (Å²) in [4.78, 5) is 0. The average molecular weight is 316 g/mol. The van der Waals surface area contributed by atoms with E-state index in [2.05, 4.69) is 0 Å². The first-order valence-electron chi connectivity index (χ1n) is 7.28. The number of hydrogen-bond donors (Lipinski definition) is 1. The summed E-state index contributed by atoms with van der Waals surface area (Å²) in [6.45, 7) is 0. The van der Waals surface area contributed by atoms with Gasteiger partial charge in [-0.3, -0.25) is 0 Å². The third-order valence-electron chi connectivity index (χ3n) is 4.00. The molecule has 0 bridgehead atoms. The second-order valence-corrected chi connectivity index (χ2v) is 6.41. The van der Waals surface area contributed by atoms with E-state index in [4.69, 9.17) is 4.55 Å². The van der Waals surface area contributed by atoms with Crippen LogP contribution in [0.2, 0.25) is 0 Å². The number of halogens is 1. The molecule has 3 rings (SSSR count). The van der Waals surface area contributed by atoms with E-state index in [0.717, 1.165) is 36.0 Å². The molecule has 0 aliphatic heterocycles. The van der Waals surface area contributed by atoms with Gasteiger partial charge in [0.1, 0.15) is 5.82 Å². The van der Waals surface area contributed by atoms with Crippen LogP contribution in [-0.2, 0) is 16.8 Å². The van der Waals surface area contributed by atoms with Crippen LogP contribution >= 0.6 is 0 Å². The van der Waals surface area contributed by atoms with Gasteiger partial charge in [-0.05, 0) is 59.2 Å². The SMILES string of the molecule is O=S(O)Cc1ccc(C2=C(c3ccc(F)cc3)CCC2)cc1. The molecule has 22 heavy (non-hydrogen) atoms. The van der Waals surface area contributed by atoms with Crippen molar-refractivity contribution in [1.29, 1.82) is 0 Å². The minimum atomic E-state index is -1.81. The molecule has 2 nitrogen and oxygen atoms in total. The van der Waals surface area contributed by atoms with E-state index in [9.17, 15) is 8.60 Å². The molecule has 1 aliphatic carbocycles. The lowest BCUT2D eigenvalue weighted by atomic mass is 9.96. The Morgan fingerprint density at radius 3 is 1.91 bits per heavy atom. The zero-order valence-corrected chi connectivity index (χ0v) is 12.9. The fourth-order valence-electron chi connectivity index (χ4n) is 2.98. The Kier molecular flexibility index (Phi) is 4.50. The molecular weight excluding hydrogens is 299 g/mol. The van der Waals surface area contributed by atoms with Crippen molar-refractivity contribution in [3.05, 3.63) is 71.0 Å². The summed E-state index contributed by atoms with van der Waals surface area (Å²) in [5.74, 6) is -0.0605. The maximum atomic E-state index is 13.1. The van der Waals surface area contributed by atoms with Gasteiger partial charge in [0, 0.05) is 0 Å². The quantitative estimate of drug-likeness (QED) is 0.834. The Labute approximate surface area is 132 Å². The second-order valence-electron chi connectivity index (χ2n) is 5.48. The molecule has 0 saturated carbocycles. The molecular formula is C18H17FO2S. The van der Waals surface area contributed by atoms with Gasteiger partial charge in [-0.1, -0.05) is 36.4 Å². The molecule has 1 aliphatic rings. The summed E-state index contributed by atoms with van der Waals surface area (Å²) in [5.41, 5.74) is 5.65. The predicted molar refractivity (Wildman–Crippen MR) is 88.0 cm³/mol. The van der Waals surface area contributed by atoms with Gasteiger partial charge in [0.2, 0.25) is 0 Å². The van der Waals surface area contributed by atoms with Gasteiger partial charge in [0.25, 0.3) is 0 Å². The number of hydrogen-bond acceptors (Lipinski definition) is 1. The van der Waals surface area contributed by atoms with Crippen molar-refractivity contribution in [1.82, 2.24) is 0 Å². The lowest BCUT2D eigenvalue weighted by Gasteiger charge is -2.09. The van der Waals surface area contributed by atoms with Gasteiger partial charge in [0.15, 0.2) is 11.1 Å². The van der Waals surface area contributed by atoms with E-state index >= 15 is 0 Å². The molecule has 0 aromatic heterocycles. The molecule has 1 atom stereocenters. The first-order valence-corrected chi connectivity index (χ1v) is 8.56. The van der Waals surface area contributed by atoms with E-state index < -0.39 is 11.1 Å². The van der Waals surface area contributed by atoms with Gasteiger partial charge in [-0.25, -0.2) is 8.60 Å². The van der Waals surface area contributed by atoms with Gasteiger partial charge in [-0.2, -0.15) is 0 Å². The Morgan fingerprint density at radius 1 is 0.909 bits per heavy atom. The van der Waals surface area contributed by atoms with E-state index in [1.165, 1.54) is 23.3 Å². The smallest absolute Gasteiger partial charge is 0.157 e. The normalized spacial score (nSPS) is 16.1. The van der Waals surface area contributed by atoms with Gasteiger partial charge in [-0.15, -0.1) is 0 Å². The van der Waals surface area contributed by atoms with Crippen LogP contribution in [0.25, 0.3) is 11.1 Å². The van der Waals surface area contributed by atoms with Crippen molar-refractivity contribution in [2.24, 2.45) is 0 Å². The molecule has 0 heterocycles. The third-order valence-corrected chi connectivity index (χ3v) is 4.58. The van der Waals surface area contributed by atoms with Crippen LogP contribution in [0.15, 0.2) is 48.5 Å². The summed E-state index contributed by atoms with van der Waals surface area (Å²) in [5, 5.41) is 0. The van der Waals surface area contributed by atoms with Crippen LogP contribution in [0.3, 0.4) is 0 Å². The van der Waals surface area contributed by atoms with Crippen LogP contribution in [0.1, 0.15) is 36.0 Å². The first-order chi connectivity index (χ1) is 10.6. The molecule has 1 N–H and O–H groups in total. The van der Waals surface area contributed by atoms with Crippen LogP contribution in [0.4, 0.5) is 4.39 Å². The highest BCUT2D eigenvalue weighted by Gasteiger charge is 2.17. The average Bonchev–Trinajstić information content (AvgIpc) is 2.97. The highest BCUT2D eigenvalue weighted by molar-refractivity contribution is 7.78. The predicted octanol–water partition coefficient (Wildman–Crippen LogP) is 4.64. The zero-order valence-electron chi connectivity index (χ0n) is 12.1. The fraction of sp³-hybridized carbons (Fsp3) is 0.222. The summed E-state index contributed by atoms with van der Waals surface area (Å²) in [6, 6.07) is 14.5. The molecule has 1 unspecified atom stereocenters. The number of rotatable bonds is 4. The third kappa shape index (κ3) is 3.34. The maximum absolute atomic E-state index is 13.1. The largest absolute Gasteiger partial charge is 0.306 e. The molecule has 0 spiro atoms.